The molecule has 0 N–H and O–H groups in total. The number of rotatable bonds is 6. The Morgan fingerprint density at radius 2 is 1.88 bits per heavy atom. The lowest BCUT2D eigenvalue weighted by Crippen LogP contribution is -2.37. The molecule has 1 heterocycles. The van der Waals surface area contributed by atoms with Crippen molar-refractivity contribution in [3.63, 3.8) is 0 Å². The summed E-state index contributed by atoms with van der Waals surface area (Å²) < 4.78 is 4.82. The molecule has 1 aliphatic rings. The quantitative estimate of drug-likeness (QED) is 0.741. The molecular formula is C22H27NO2. The Labute approximate surface area is 150 Å². The molecule has 1 fully saturated rings. The summed E-state index contributed by atoms with van der Waals surface area (Å²) in [6, 6.07) is 19.3. The van der Waals surface area contributed by atoms with Gasteiger partial charge in [-0.15, -0.1) is 0 Å². The molecule has 0 aromatic heterocycles. The number of benzene rings is 2. The van der Waals surface area contributed by atoms with E-state index in [2.05, 4.69) is 59.5 Å². The topological polar surface area (TPSA) is 29.5 Å². The molecule has 2 aromatic carbocycles. The van der Waals surface area contributed by atoms with E-state index in [1.165, 1.54) is 30.2 Å². The van der Waals surface area contributed by atoms with Gasteiger partial charge in [0.25, 0.3) is 0 Å². The average molecular weight is 337 g/mol. The van der Waals surface area contributed by atoms with Crippen LogP contribution in [0.4, 0.5) is 0 Å². The Morgan fingerprint density at radius 3 is 2.68 bits per heavy atom. The van der Waals surface area contributed by atoms with Gasteiger partial charge >= 0.3 is 5.97 Å². The highest BCUT2D eigenvalue weighted by Crippen LogP contribution is 2.25. The van der Waals surface area contributed by atoms with Crippen molar-refractivity contribution >= 4 is 5.97 Å². The van der Waals surface area contributed by atoms with Gasteiger partial charge in [-0.2, -0.15) is 0 Å². The molecule has 0 radical (unpaired) electrons. The Bertz CT molecular complexity index is 683. The summed E-state index contributed by atoms with van der Waals surface area (Å²) in [5, 5.41) is 0. The summed E-state index contributed by atoms with van der Waals surface area (Å²) in [6.07, 6.45) is 3.89. The SMILES string of the molecule is COC(=O)CC1CCCN(CCc2ccccc2-c2ccccc2)C1. The maximum atomic E-state index is 11.5. The second-order valence-electron chi connectivity index (χ2n) is 6.86. The molecule has 3 heteroatoms. The molecule has 0 amide bonds. The first-order chi connectivity index (χ1) is 12.3. The van der Waals surface area contributed by atoms with Crippen molar-refractivity contribution in [1.29, 1.82) is 0 Å². The van der Waals surface area contributed by atoms with Crippen molar-refractivity contribution in [1.82, 2.24) is 4.90 Å². The van der Waals surface area contributed by atoms with Gasteiger partial charge < -0.3 is 9.64 Å². The van der Waals surface area contributed by atoms with Crippen LogP contribution in [0.1, 0.15) is 24.8 Å². The van der Waals surface area contributed by atoms with Gasteiger partial charge in [0.15, 0.2) is 0 Å². The Balaban J connectivity index is 1.61. The van der Waals surface area contributed by atoms with Gasteiger partial charge in [0, 0.05) is 19.5 Å². The minimum Gasteiger partial charge on any atom is -0.469 e. The highest BCUT2D eigenvalue weighted by atomic mass is 16.5. The van der Waals surface area contributed by atoms with Gasteiger partial charge in [-0.05, 0) is 48.4 Å². The van der Waals surface area contributed by atoms with E-state index in [-0.39, 0.29) is 5.97 Å². The summed E-state index contributed by atoms with van der Waals surface area (Å²) in [4.78, 5) is 14.0. The number of likely N-dealkylation sites (tertiary alicyclic amines) is 1. The zero-order valence-corrected chi connectivity index (χ0v) is 15.0. The van der Waals surface area contributed by atoms with E-state index >= 15 is 0 Å². The van der Waals surface area contributed by atoms with Crippen LogP contribution in [0.15, 0.2) is 54.6 Å². The fraction of sp³-hybridized carbons (Fsp3) is 0.409. The third-order valence-electron chi connectivity index (χ3n) is 5.09. The molecule has 1 saturated heterocycles. The van der Waals surface area contributed by atoms with Crippen LogP contribution >= 0.6 is 0 Å². The molecule has 0 aliphatic carbocycles. The third-order valence-corrected chi connectivity index (χ3v) is 5.09. The van der Waals surface area contributed by atoms with Gasteiger partial charge in [-0.1, -0.05) is 54.6 Å². The predicted molar refractivity (Wildman–Crippen MR) is 101 cm³/mol. The molecular weight excluding hydrogens is 310 g/mol. The molecule has 3 nitrogen and oxygen atoms in total. The Morgan fingerprint density at radius 1 is 1.12 bits per heavy atom. The molecule has 0 bridgehead atoms. The number of ether oxygens (including phenoxy) is 1. The van der Waals surface area contributed by atoms with E-state index in [1.54, 1.807) is 0 Å². The molecule has 0 spiro atoms. The summed E-state index contributed by atoms with van der Waals surface area (Å²) >= 11 is 0. The molecule has 0 saturated carbocycles. The van der Waals surface area contributed by atoms with Gasteiger partial charge in [-0.3, -0.25) is 4.79 Å². The molecule has 1 atom stereocenters. The van der Waals surface area contributed by atoms with E-state index in [1.807, 2.05) is 0 Å². The van der Waals surface area contributed by atoms with Crippen molar-refractivity contribution in [3.05, 3.63) is 60.2 Å². The molecule has 25 heavy (non-hydrogen) atoms. The lowest BCUT2D eigenvalue weighted by atomic mass is 9.93. The molecule has 1 aliphatic heterocycles. The normalized spacial score (nSPS) is 18.0. The van der Waals surface area contributed by atoms with Gasteiger partial charge in [0.05, 0.1) is 7.11 Å². The third kappa shape index (κ3) is 4.93. The van der Waals surface area contributed by atoms with Gasteiger partial charge in [0.1, 0.15) is 0 Å². The smallest absolute Gasteiger partial charge is 0.305 e. The maximum Gasteiger partial charge on any atom is 0.305 e. The van der Waals surface area contributed by atoms with Gasteiger partial charge in [0.2, 0.25) is 0 Å². The summed E-state index contributed by atoms with van der Waals surface area (Å²) in [5.41, 5.74) is 4.00. The minimum atomic E-state index is -0.0822. The van der Waals surface area contributed by atoms with Crippen molar-refractivity contribution in [2.45, 2.75) is 25.7 Å². The zero-order valence-electron chi connectivity index (χ0n) is 15.0. The van der Waals surface area contributed by atoms with Crippen molar-refractivity contribution < 1.29 is 9.53 Å². The van der Waals surface area contributed by atoms with Crippen LogP contribution < -0.4 is 0 Å². The monoisotopic (exact) mass is 337 g/mol. The first-order valence-electron chi connectivity index (χ1n) is 9.19. The minimum absolute atomic E-state index is 0.0822. The fourth-order valence-electron chi connectivity index (χ4n) is 3.76. The summed E-state index contributed by atoms with van der Waals surface area (Å²) in [5.74, 6) is 0.354. The van der Waals surface area contributed by atoms with Crippen LogP contribution in [0.25, 0.3) is 11.1 Å². The van der Waals surface area contributed by atoms with Crippen molar-refractivity contribution in [2.24, 2.45) is 5.92 Å². The van der Waals surface area contributed by atoms with Crippen LogP contribution in [-0.2, 0) is 16.0 Å². The standard InChI is InChI=1S/C22H27NO2/c1-25-22(24)16-18-8-7-14-23(17-18)15-13-20-11-5-6-12-21(20)19-9-3-2-4-10-19/h2-6,9-12,18H,7-8,13-17H2,1H3. The maximum absolute atomic E-state index is 11.5. The van der Waals surface area contributed by atoms with E-state index in [0.717, 1.165) is 32.5 Å². The second-order valence-corrected chi connectivity index (χ2v) is 6.86. The Hall–Kier alpha value is -2.13. The van der Waals surface area contributed by atoms with E-state index in [4.69, 9.17) is 4.74 Å². The number of carbonyl (C=O) groups excluding carboxylic acids is 1. The van der Waals surface area contributed by atoms with E-state index < -0.39 is 0 Å². The molecule has 3 rings (SSSR count). The van der Waals surface area contributed by atoms with Crippen LogP contribution in [0.3, 0.4) is 0 Å². The number of hydrogen-bond acceptors (Lipinski definition) is 3. The van der Waals surface area contributed by atoms with Crippen LogP contribution in [0.5, 0.6) is 0 Å². The first kappa shape index (κ1) is 17.7. The van der Waals surface area contributed by atoms with Crippen LogP contribution in [-0.4, -0.2) is 37.6 Å². The number of nitrogens with zero attached hydrogens (tertiary/aromatic N) is 1. The summed E-state index contributed by atoms with van der Waals surface area (Å²) in [6.45, 7) is 3.18. The van der Waals surface area contributed by atoms with Crippen LogP contribution in [0, 0.1) is 5.92 Å². The van der Waals surface area contributed by atoms with E-state index in [9.17, 15) is 4.79 Å². The van der Waals surface area contributed by atoms with E-state index in [0.29, 0.717) is 12.3 Å². The number of carbonyl (C=O) groups is 1. The Kier molecular flexibility index (Phi) is 6.24. The molecule has 2 aromatic rings. The number of esters is 1. The summed E-state index contributed by atoms with van der Waals surface area (Å²) in [7, 11) is 1.48. The van der Waals surface area contributed by atoms with Crippen LogP contribution in [0.2, 0.25) is 0 Å². The number of piperidine rings is 1. The second kappa shape index (κ2) is 8.82. The fourth-order valence-corrected chi connectivity index (χ4v) is 3.76. The predicted octanol–water partition coefficient (Wildman–Crippen LogP) is 4.17. The molecule has 1 unspecified atom stereocenters. The van der Waals surface area contributed by atoms with Crippen molar-refractivity contribution in [2.75, 3.05) is 26.7 Å². The zero-order chi connectivity index (χ0) is 17.5. The lowest BCUT2D eigenvalue weighted by molar-refractivity contribution is -0.142. The first-order valence-corrected chi connectivity index (χ1v) is 9.19. The van der Waals surface area contributed by atoms with Crippen molar-refractivity contribution in [3.8, 4) is 11.1 Å². The van der Waals surface area contributed by atoms with Gasteiger partial charge in [-0.25, -0.2) is 0 Å². The highest BCUT2D eigenvalue weighted by Gasteiger charge is 2.22. The largest absolute Gasteiger partial charge is 0.469 e. The number of methoxy groups -OCH3 is 1. The average Bonchev–Trinajstić information content (AvgIpc) is 2.67. The molecule has 132 valence electrons. The lowest BCUT2D eigenvalue weighted by Gasteiger charge is -2.32. The highest BCUT2D eigenvalue weighted by molar-refractivity contribution is 5.69. The number of hydrogen-bond donors (Lipinski definition) is 0.